The lowest BCUT2D eigenvalue weighted by atomic mass is 10.1. The number of nitrogen functional groups attached to an aromatic ring is 1. The highest BCUT2D eigenvalue weighted by molar-refractivity contribution is 5.81. The fraction of sp³-hybridized carbons (Fsp3) is 0.0625. The van der Waals surface area contributed by atoms with Crippen LogP contribution in [0, 0.1) is 5.82 Å². The van der Waals surface area contributed by atoms with Crippen LogP contribution in [0.3, 0.4) is 0 Å². The fourth-order valence-corrected chi connectivity index (χ4v) is 2.11. The van der Waals surface area contributed by atoms with E-state index in [9.17, 15) is 4.39 Å². The Morgan fingerprint density at radius 3 is 2.67 bits per heavy atom. The molecule has 0 spiro atoms. The molecule has 21 heavy (non-hydrogen) atoms. The molecule has 106 valence electrons. The number of hydrogen-bond acceptors (Lipinski definition) is 4. The summed E-state index contributed by atoms with van der Waals surface area (Å²) < 4.78 is 19.1. The summed E-state index contributed by atoms with van der Waals surface area (Å²) in [7, 11) is 0. The minimum absolute atomic E-state index is 0.179. The highest BCUT2D eigenvalue weighted by Crippen LogP contribution is 2.23. The third kappa shape index (κ3) is 2.78. The Balaban J connectivity index is 1.91. The van der Waals surface area contributed by atoms with Gasteiger partial charge in [-0.2, -0.15) is 0 Å². The van der Waals surface area contributed by atoms with Crippen LogP contribution in [0.25, 0.3) is 10.9 Å². The number of pyridine rings is 1. The predicted octanol–water partition coefficient (Wildman–Crippen LogP) is 3.24. The molecule has 0 aliphatic rings. The first-order valence-corrected chi connectivity index (χ1v) is 6.50. The highest BCUT2D eigenvalue weighted by Gasteiger charge is 2.08. The minimum Gasteiger partial charge on any atom is -0.486 e. The number of fused-ring (bicyclic) bond motifs is 1. The zero-order valence-electron chi connectivity index (χ0n) is 11.2. The van der Waals surface area contributed by atoms with Gasteiger partial charge in [-0.25, -0.2) is 15.2 Å². The second kappa shape index (κ2) is 5.76. The molecule has 1 aromatic heterocycles. The Hall–Kier alpha value is -2.66. The van der Waals surface area contributed by atoms with Gasteiger partial charge in [0.05, 0.1) is 5.52 Å². The molecule has 2 aromatic carbocycles. The van der Waals surface area contributed by atoms with E-state index in [-0.39, 0.29) is 12.4 Å². The third-order valence-electron chi connectivity index (χ3n) is 3.16. The summed E-state index contributed by atoms with van der Waals surface area (Å²) >= 11 is 0. The summed E-state index contributed by atoms with van der Waals surface area (Å²) in [6, 6.07) is 15.9. The van der Waals surface area contributed by atoms with Crippen molar-refractivity contribution in [3.63, 3.8) is 0 Å². The van der Waals surface area contributed by atoms with E-state index >= 15 is 0 Å². The van der Waals surface area contributed by atoms with Gasteiger partial charge in [-0.1, -0.05) is 30.3 Å². The van der Waals surface area contributed by atoms with Crippen LogP contribution in [0.15, 0.2) is 54.6 Å². The van der Waals surface area contributed by atoms with Crippen molar-refractivity contribution in [1.29, 1.82) is 0 Å². The van der Waals surface area contributed by atoms with Gasteiger partial charge in [-0.15, -0.1) is 0 Å². The normalized spacial score (nSPS) is 10.6. The number of benzene rings is 2. The van der Waals surface area contributed by atoms with Crippen LogP contribution in [-0.4, -0.2) is 4.98 Å². The Bertz CT molecular complexity index is 776. The van der Waals surface area contributed by atoms with Crippen LogP contribution in [-0.2, 0) is 6.61 Å². The largest absolute Gasteiger partial charge is 0.486 e. The van der Waals surface area contributed by atoms with E-state index in [4.69, 9.17) is 10.6 Å². The Labute approximate surface area is 121 Å². The molecule has 1 heterocycles. The molecule has 3 rings (SSSR count). The molecular formula is C16H14FN3O. The Kier molecular flexibility index (Phi) is 3.66. The number of nitrogens with one attached hydrogen (secondary N) is 1. The van der Waals surface area contributed by atoms with Crippen molar-refractivity contribution in [1.82, 2.24) is 4.98 Å². The number of ether oxygens (including phenoxy) is 1. The molecule has 0 atom stereocenters. The smallest absolute Gasteiger partial charge is 0.165 e. The number of rotatable bonds is 4. The number of aromatic nitrogens is 1. The van der Waals surface area contributed by atoms with E-state index in [1.165, 1.54) is 6.07 Å². The average Bonchev–Trinajstić information content (AvgIpc) is 2.53. The summed E-state index contributed by atoms with van der Waals surface area (Å²) in [4.78, 5) is 4.42. The first-order valence-electron chi connectivity index (χ1n) is 6.50. The number of hydrogen-bond donors (Lipinski definition) is 2. The maximum absolute atomic E-state index is 13.5. The number of nitrogens with zero attached hydrogens (tertiary/aromatic N) is 1. The van der Waals surface area contributed by atoms with Gasteiger partial charge < -0.3 is 10.2 Å². The van der Waals surface area contributed by atoms with Gasteiger partial charge in [0, 0.05) is 10.9 Å². The SMILES string of the molecule is NNc1nc2ccccc2cc1COc1ccccc1F. The van der Waals surface area contributed by atoms with Crippen LogP contribution < -0.4 is 16.0 Å². The topological polar surface area (TPSA) is 60.2 Å². The van der Waals surface area contributed by atoms with Gasteiger partial charge in [0.15, 0.2) is 11.6 Å². The van der Waals surface area contributed by atoms with E-state index in [1.54, 1.807) is 18.2 Å². The summed E-state index contributed by atoms with van der Waals surface area (Å²) in [6.07, 6.45) is 0. The maximum Gasteiger partial charge on any atom is 0.165 e. The van der Waals surface area contributed by atoms with E-state index in [1.807, 2.05) is 30.3 Å². The predicted molar refractivity (Wildman–Crippen MR) is 80.3 cm³/mol. The lowest BCUT2D eigenvalue weighted by molar-refractivity contribution is 0.290. The number of anilines is 1. The first-order chi connectivity index (χ1) is 10.3. The fourth-order valence-electron chi connectivity index (χ4n) is 2.11. The molecule has 0 saturated heterocycles. The molecule has 3 N–H and O–H groups in total. The minimum atomic E-state index is -0.395. The van der Waals surface area contributed by atoms with Crippen molar-refractivity contribution in [3.05, 3.63) is 66.0 Å². The molecule has 5 heteroatoms. The van der Waals surface area contributed by atoms with E-state index in [0.29, 0.717) is 5.82 Å². The summed E-state index contributed by atoms with van der Waals surface area (Å²) in [5, 5.41) is 0.976. The van der Waals surface area contributed by atoms with Crippen LogP contribution in [0.5, 0.6) is 5.75 Å². The van der Waals surface area contributed by atoms with Crippen molar-refractivity contribution >= 4 is 16.7 Å². The standard InChI is InChI=1S/C16H14FN3O/c17-13-6-2-4-8-15(13)21-10-12-9-11-5-1-3-7-14(11)19-16(12)20-18/h1-9H,10,18H2,(H,19,20). The summed E-state index contributed by atoms with van der Waals surface area (Å²) in [5.41, 5.74) is 4.15. The van der Waals surface area contributed by atoms with Crippen molar-refractivity contribution in [2.45, 2.75) is 6.61 Å². The van der Waals surface area contributed by atoms with Crippen molar-refractivity contribution in [2.75, 3.05) is 5.43 Å². The quantitative estimate of drug-likeness (QED) is 0.570. The van der Waals surface area contributed by atoms with Crippen LogP contribution >= 0.6 is 0 Å². The number of para-hydroxylation sites is 2. The molecule has 0 aliphatic heterocycles. The molecule has 0 aliphatic carbocycles. The molecule has 3 aromatic rings. The van der Waals surface area contributed by atoms with Crippen LogP contribution in [0.4, 0.5) is 10.2 Å². The maximum atomic E-state index is 13.5. The van der Waals surface area contributed by atoms with E-state index < -0.39 is 5.82 Å². The van der Waals surface area contributed by atoms with Crippen LogP contribution in [0.1, 0.15) is 5.56 Å². The molecule has 0 amide bonds. The molecular weight excluding hydrogens is 269 g/mol. The third-order valence-corrected chi connectivity index (χ3v) is 3.16. The van der Waals surface area contributed by atoms with E-state index in [0.717, 1.165) is 16.5 Å². The average molecular weight is 283 g/mol. The van der Waals surface area contributed by atoms with Crippen molar-refractivity contribution < 1.29 is 9.13 Å². The lowest BCUT2D eigenvalue weighted by Crippen LogP contribution is -2.12. The van der Waals surface area contributed by atoms with Gasteiger partial charge >= 0.3 is 0 Å². The Morgan fingerprint density at radius 2 is 1.86 bits per heavy atom. The zero-order valence-corrected chi connectivity index (χ0v) is 11.2. The van der Waals surface area contributed by atoms with Crippen molar-refractivity contribution in [2.24, 2.45) is 5.84 Å². The van der Waals surface area contributed by atoms with Crippen molar-refractivity contribution in [3.8, 4) is 5.75 Å². The monoisotopic (exact) mass is 283 g/mol. The van der Waals surface area contributed by atoms with Gasteiger partial charge in [0.2, 0.25) is 0 Å². The number of hydrazine groups is 1. The molecule has 0 unspecified atom stereocenters. The molecule has 0 saturated carbocycles. The Morgan fingerprint density at radius 1 is 1.10 bits per heavy atom. The molecule has 0 fully saturated rings. The van der Waals surface area contributed by atoms with E-state index in [2.05, 4.69) is 10.4 Å². The second-order valence-corrected chi connectivity index (χ2v) is 4.55. The highest BCUT2D eigenvalue weighted by atomic mass is 19.1. The zero-order chi connectivity index (χ0) is 14.7. The van der Waals surface area contributed by atoms with Gasteiger partial charge in [-0.05, 0) is 24.3 Å². The second-order valence-electron chi connectivity index (χ2n) is 4.55. The lowest BCUT2D eigenvalue weighted by Gasteiger charge is -2.11. The number of halogens is 1. The van der Waals surface area contributed by atoms with Gasteiger partial charge in [0.25, 0.3) is 0 Å². The van der Waals surface area contributed by atoms with Gasteiger partial charge in [-0.3, -0.25) is 0 Å². The first kappa shape index (κ1) is 13.3. The van der Waals surface area contributed by atoms with Crippen LogP contribution in [0.2, 0.25) is 0 Å². The molecule has 0 radical (unpaired) electrons. The molecule has 4 nitrogen and oxygen atoms in total. The summed E-state index contributed by atoms with van der Waals surface area (Å²) in [5.74, 6) is 5.82. The number of nitrogens with two attached hydrogens (primary N) is 1. The molecule has 0 bridgehead atoms. The summed E-state index contributed by atoms with van der Waals surface area (Å²) in [6.45, 7) is 0.179. The van der Waals surface area contributed by atoms with Gasteiger partial charge in [0.1, 0.15) is 12.4 Å².